The first-order valence-electron chi connectivity index (χ1n) is 17.8. The summed E-state index contributed by atoms with van der Waals surface area (Å²) >= 11 is 0. The fourth-order valence-corrected chi connectivity index (χ4v) is 7.74. The standard InChI is InChI=1S/C39H51N11/c1-46-16-28-4-10-34(40-28)22-49-24-36-12-6-30(42-36)18-47(2)19-31-7-13-37(43-31)25-50(23-35-11-5-29(17-46)41-35)27-39-15-9-33(45-39)21-48(3)20-32-8-14-38(26-49)44-32/h4-15,40-45H,16-27H2,1-3H3. The number of aromatic amines is 6. The molecule has 0 saturated heterocycles. The molecular formula is C39H51N11. The molecule has 0 spiro atoms. The predicted molar refractivity (Wildman–Crippen MR) is 196 cm³/mol. The highest BCUT2D eigenvalue weighted by Crippen LogP contribution is 2.20. The van der Waals surface area contributed by atoms with Crippen LogP contribution in [-0.4, -0.2) is 75.5 Å². The van der Waals surface area contributed by atoms with E-state index >= 15 is 0 Å². The minimum Gasteiger partial charge on any atom is -0.360 e. The Balaban J connectivity index is 1.16. The van der Waals surface area contributed by atoms with Gasteiger partial charge in [0.05, 0.1) is 0 Å². The van der Waals surface area contributed by atoms with Crippen LogP contribution in [-0.2, 0) is 78.5 Å². The molecule has 0 saturated carbocycles. The molecule has 14 bridgehead atoms. The molecule has 6 aromatic rings. The Morgan fingerprint density at radius 3 is 0.560 bits per heavy atom. The van der Waals surface area contributed by atoms with Crippen molar-refractivity contribution in [2.24, 2.45) is 0 Å². The van der Waals surface area contributed by atoms with Crippen molar-refractivity contribution in [3.05, 3.63) is 141 Å². The number of fused-ring (bicyclic) bond motifs is 6. The molecule has 262 valence electrons. The number of H-pyrrole nitrogens is 6. The Labute approximate surface area is 294 Å². The molecule has 9 rings (SSSR count). The van der Waals surface area contributed by atoms with E-state index in [1.54, 1.807) is 0 Å². The maximum atomic E-state index is 3.74. The molecule has 6 aromatic heterocycles. The van der Waals surface area contributed by atoms with Gasteiger partial charge in [-0.15, -0.1) is 0 Å². The fourth-order valence-electron chi connectivity index (χ4n) is 7.74. The van der Waals surface area contributed by atoms with E-state index in [1.807, 2.05) is 0 Å². The summed E-state index contributed by atoms with van der Waals surface area (Å²) in [6, 6.07) is 27.0. The average molecular weight is 674 g/mol. The van der Waals surface area contributed by atoms with Gasteiger partial charge >= 0.3 is 0 Å². The third-order valence-corrected chi connectivity index (χ3v) is 9.85. The minimum atomic E-state index is 0.826. The van der Waals surface area contributed by atoms with Crippen LogP contribution in [0.2, 0.25) is 0 Å². The van der Waals surface area contributed by atoms with Gasteiger partial charge in [-0.05, 0) is 93.9 Å². The smallest absolute Gasteiger partial charge is 0.0393 e. The van der Waals surface area contributed by atoms with E-state index in [1.165, 1.54) is 68.3 Å². The lowest BCUT2D eigenvalue weighted by molar-refractivity contribution is 0.237. The number of hydrogen-bond acceptors (Lipinski definition) is 5. The zero-order valence-electron chi connectivity index (χ0n) is 29.6. The molecule has 3 aliphatic rings. The van der Waals surface area contributed by atoms with Gasteiger partial charge in [-0.3, -0.25) is 24.5 Å². The molecular weight excluding hydrogens is 623 g/mol. The molecule has 0 fully saturated rings. The summed E-state index contributed by atoms with van der Waals surface area (Å²) in [5.41, 5.74) is 14.8. The van der Waals surface area contributed by atoms with Crippen LogP contribution in [0.1, 0.15) is 68.3 Å². The van der Waals surface area contributed by atoms with Crippen molar-refractivity contribution >= 4 is 0 Å². The maximum Gasteiger partial charge on any atom is 0.0393 e. The van der Waals surface area contributed by atoms with Crippen LogP contribution in [0.15, 0.2) is 72.8 Å². The Morgan fingerprint density at radius 2 is 0.400 bits per heavy atom. The van der Waals surface area contributed by atoms with Crippen LogP contribution in [0, 0.1) is 0 Å². The molecule has 9 heterocycles. The molecule has 11 heteroatoms. The van der Waals surface area contributed by atoms with Crippen LogP contribution in [0.25, 0.3) is 0 Å². The Morgan fingerprint density at radius 1 is 0.260 bits per heavy atom. The van der Waals surface area contributed by atoms with Crippen molar-refractivity contribution in [2.45, 2.75) is 78.5 Å². The topological polar surface area (TPSA) is 111 Å². The summed E-state index contributed by atoms with van der Waals surface area (Å²) in [5, 5.41) is 0. The molecule has 0 aromatic carbocycles. The SMILES string of the molecule is CN1Cc2ccc([nH]2)CN2Cc3ccc([nH]3)CN(C)Cc3ccc([nH]3)CN(Cc3ccc([nH]3)C1)Cc1ccc([nH]1)CN(C)Cc1ccc([nH]1)C2. The Bertz CT molecular complexity index is 1620. The number of rotatable bonds is 0. The van der Waals surface area contributed by atoms with E-state index in [-0.39, 0.29) is 0 Å². The van der Waals surface area contributed by atoms with E-state index in [9.17, 15) is 0 Å². The third-order valence-electron chi connectivity index (χ3n) is 9.85. The normalized spacial score (nSPS) is 20.7. The zero-order chi connectivity index (χ0) is 34.0. The molecule has 3 aliphatic heterocycles. The minimum absolute atomic E-state index is 0.826. The van der Waals surface area contributed by atoms with Gasteiger partial charge in [0.1, 0.15) is 0 Å². The summed E-state index contributed by atoms with van der Waals surface area (Å²) in [6.07, 6.45) is 0. The highest BCUT2D eigenvalue weighted by Gasteiger charge is 2.17. The van der Waals surface area contributed by atoms with Crippen molar-refractivity contribution in [1.29, 1.82) is 0 Å². The summed E-state index contributed by atoms with van der Waals surface area (Å²) in [7, 11) is 6.58. The van der Waals surface area contributed by atoms with Crippen molar-refractivity contribution < 1.29 is 0 Å². The molecule has 0 unspecified atom stereocenters. The van der Waals surface area contributed by atoms with E-state index in [0.29, 0.717) is 0 Å². The van der Waals surface area contributed by atoms with E-state index < -0.39 is 0 Å². The molecule has 11 nitrogen and oxygen atoms in total. The average Bonchev–Trinajstić information content (AvgIpc) is 3.90. The molecule has 0 amide bonds. The van der Waals surface area contributed by atoms with Crippen LogP contribution < -0.4 is 0 Å². The van der Waals surface area contributed by atoms with Gasteiger partial charge in [-0.25, -0.2) is 0 Å². The van der Waals surface area contributed by atoms with Gasteiger partial charge in [-0.2, -0.15) is 0 Å². The van der Waals surface area contributed by atoms with Crippen LogP contribution in [0.3, 0.4) is 0 Å². The second-order valence-corrected chi connectivity index (χ2v) is 14.9. The first kappa shape index (κ1) is 32.7. The Kier molecular flexibility index (Phi) is 9.39. The largest absolute Gasteiger partial charge is 0.360 e. The van der Waals surface area contributed by atoms with E-state index in [2.05, 4.69) is 148 Å². The van der Waals surface area contributed by atoms with Gasteiger partial charge in [0, 0.05) is 147 Å². The lowest BCUT2D eigenvalue weighted by Crippen LogP contribution is -2.24. The first-order valence-corrected chi connectivity index (χ1v) is 17.8. The summed E-state index contributed by atoms with van der Waals surface area (Å²) in [6.45, 7) is 10.1. The number of nitrogens with zero attached hydrogens (tertiary/aromatic N) is 5. The Hall–Kier alpha value is -4.52. The molecule has 0 radical (unpaired) electrons. The number of hydrogen-bond donors (Lipinski definition) is 6. The van der Waals surface area contributed by atoms with Crippen molar-refractivity contribution in [3.8, 4) is 0 Å². The summed E-state index contributed by atoms with van der Waals surface area (Å²) in [5.74, 6) is 0. The second kappa shape index (κ2) is 14.4. The number of aromatic nitrogens is 6. The predicted octanol–water partition coefficient (Wildman–Crippen LogP) is 5.58. The van der Waals surface area contributed by atoms with Gasteiger partial charge < -0.3 is 29.9 Å². The van der Waals surface area contributed by atoms with Crippen molar-refractivity contribution in [2.75, 3.05) is 21.1 Å². The van der Waals surface area contributed by atoms with Gasteiger partial charge in [0.25, 0.3) is 0 Å². The van der Waals surface area contributed by atoms with Crippen LogP contribution in [0.5, 0.6) is 0 Å². The van der Waals surface area contributed by atoms with E-state index in [4.69, 9.17) is 0 Å². The van der Waals surface area contributed by atoms with Crippen LogP contribution >= 0.6 is 0 Å². The lowest BCUT2D eigenvalue weighted by atomic mass is 10.3. The fraction of sp³-hybridized carbons (Fsp3) is 0.385. The number of nitrogens with one attached hydrogen (secondary N) is 6. The quantitative estimate of drug-likeness (QED) is 0.126. The molecule has 6 N–H and O–H groups in total. The second-order valence-electron chi connectivity index (χ2n) is 14.9. The zero-order valence-corrected chi connectivity index (χ0v) is 29.6. The highest BCUT2D eigenvalue weighted by molar-refractivity contribution is 5.20. The lowest BCUT2D eigenvalue weighted by Gasteiger charge is -2.22. The first-order chi connectivity index (χ1) is 24.3. The van der Waals surface area contributed by atoms with Gasteiger partial charge in [0.15, 0.2) is 0 Å². The third kappa shape index (κ3) is 8.26. The highest BCUT2D eigenvalue weighted by atomic mass is 15.2. The molecule has 0 aliphatic carbocycles. The maximum absolute atomic E-state index is 3.74. The van der Waals surface area contributed by atoms with Crippen molar-refractivity contribution in [1.82, 2.24) is 54.4 Å². The summed E-state index contributed by atoms with van der Waals surface area (Å²) < 4.78 is 0. The van der Waals surface area contributed by atoms with Crippen molar-refractivity contribution in [3.63, 3.8) is 0 Å². The molecule has 0 atom stereocenters. The monoisotopic (exact) mass is 673 g/mol. The van der Waals surface area contributed by atoms with Gasteiger partial charge in [-0.1, -0.05) is 0 Å². The summed E-state index contributed by atoms with van der Waals surface area (Å²) in [4.78, 5) is 34.6. The molecule has 50 heavy (non-hydrogen) atoms. The van der Waals surface area contributed by atoms with Gasteiger partial charge in [0.2, 0.25) is 0 Å². The van der Waals surface area contributed by atoms with E-state index in [0.717, 1.165) is 78.5 Å². The van der Waals surface area contributed by atoms with Crippen LogP contribution in [0.4, 0.5) is 0 Å².